The van der Waals surface area contributed by atoms with Crippen LogP contribution in [0.15, 0.2) is 48.0 Å². The number of benzene rings is 1. The molecule has 0 saturated heterocycles. The van der Waals surface area contributed by atoms with Crippen LogP contribution in [0.5, 0.6) is 0 Å². The third-order valence-corrected chi connectivity index (χ3v) is 4.19. The van der Waals surface area contributed by atoms with Gasteiger partial charge in [0.25, 0.3) is 0 Å². The zero-order valence-corrected chi connectivity index (χ0v) is 10.9. The molecule has 3 heteroatoms. The Hall–Kier alpha value is -1.58. The van der Waals surface area contributed by atoms with Gasteiger partial charge in [0, 0.05) is 28.5 Å². The molecule has 1 aromatic carbocycles. The monoisotopic (exact) mass is 257 g/mol. The average Bonchev–Trinajstić information content (AvgIpc) is 3.05. The Kier molecular flexibility index (Phi) is 3.17. The van der Waals surface area contributed by atoms with E-state index < -0.39 is 0 Å². The molecule has 0 unspecified atom stereocenters. The summed E-state index contributed by atoms with van der Waals surface area (Å²) in [4.78, 5) is 1.41. The maximum atomic E-state index is 9.32. The van der Waals surface area contributed by atoms with E-state index in [1.165, 1.54) is 10.4 Å². The van der Waals surface area contributed by atoms with Crippen molar-refractivity contribution in [2.24, 2.45) is 0 Å². The second-order valence-electron chi connectivity index (χ2n) is 4.35. The first-order chi connectivity index (χ1) is 8.88. The lowest BCUT2D eigenvalue weighted by Gasteiger charge is -2.05. The van der Waals surface area contributed by atoms with Crippen LogP contribution in [0.2, 0.25) is 0 Å². The molecule has 92 valence electrons. The van der Waals surface area contributed by atoms with Gasteiger partial charge in [-0.25, -0.2) is 0 Å². The highest BCUT2D eigenvalue weighted by Gasteiger charge is 2.05. The highest BCUT2D eigenvalue weighted by atomic mass is 32.1. The lowest BCUT2D eigenvalue weighted by molar-refractivity contribution is 0.283. The summed E-state index contributed by atoms with van der Waals surface area (Å²) in [5.41, 5.74) is 2.21. The fourth-order valence-electron chi connectivity index (χ4n) is 2.31. The molecule has 3 rings (SSSR count). The van der Waals surface area contributed by atoms with Crippen LogP contribution in [0.1, 0.15) is 10.4 Å². The Bertz CT molecular complexity index is 640. The number of thiophene rings is 1. The molecular formula is C15H15NOS. The first-order valence-electron chi connectivity index (χ1n) is 6.08. The van der Waals surface area contributed by atoms with Crippen molar-refractivity contribution in [3.63, 3.8) is 0 Å². The van der Waals surface area contributed by atoms with Crippen molar-refractivity contribution >= 4 is 22.2 Å². The van der Waals surface area contributed by atoms with Gasteiger partial charge >= 0.3 is 0 Å². The van der Waals surface area contributed by atoms with E-state index in [1.807, 2.05) is 12.1 Å². The molecule has 0 atom stereocenters. The number of fused-ring (bicyclic) bond motifs is 1. The first kappa shape index (κ1) is 11.5. The number of hydrogen-bond acceptors (Lipinski definition) is 2. The lowest BCUT2D eigenvalue weighted by atomic mass is 10.1. The summed E-state index contributed by atoms with van der Waals surface area (Å²) in [6.07, 6.45) is 3.17. The van der Waals surface area contributed by atoms with E-state index in [9.17, 15) is 5.11 Å². The fraction of sp³-hybridized carbons (Fsp3) is 0.200. The number of nitrogens with zero attached hydrogens (tertiary/aromatic N) is 1. The molecule has 0 saturated carbocycles. The van der Waals surface area contributed by atoms with E-state index in [4.69, 9.17) is 0 Å². The fourth-order valence-corrected chi connectivity index (χ4v) is 3.00. The van der Waals surface area contributed by atoms with Gasteiger partial charge in [-0.15, -0.1) is 11.3 Å². The minimum absolute atomic E-state index is 0.103. The van der Waals surface area contributed by atoms with Crippen molar-refractivity contribution in [1.82, 2.24) is 4.57 Å². The standard InChI is InChI=1S/C15H15NOS/c17-11-12-3-1-5-15-14(12)7-9-16(15)8-6-13-4-2-10-18-13/h1-5,7,9-10,17H,6,8,11H2. The van der Waals surface area contributed by atoms with E-state index in [0.29, 0.717) is 0 Å². The number of aliphatic hydroxyl groups excluding tert-OH is 1. The highest BCUT2D eigenvalue weighted by Crippen LogP contribution is 2.21. The average molecular weight is 257 g/mol. The van der Waals surface area contributed by atoms with E-state index in [2.05, 4.69) is 40.4 Å². The van der Waals surface area contributed by atoms with Crippen molar-refractivity contribution in [1.29, 1.82) is 0 Å². The molecule has 0 aliphatic heterocycles. The number of aliphatic hydroxyl groups is 1. The summed E-state index contributed by atoms with van der Waals surface area (Å²) in [5.74, 6) is 0. The van der Waals surface area contributed by atoms with Gasteiger partial charge < -0.3 is 9.67 Å². The molecule has 3 aromatic rings. The van der Waals surface area contributed by atoms with E-state index in [0.717, 1.165) is 23.9 Å². The van der Waals surface area contributed by atoms with Gasteiger partial charge in [-0.3, -0.25) is 0 Å². The Balaban J connectivity index is 1.88. The van der Waals surface area contributed by atoms with E-state index >= 15 is 0 Å². The van der Waals surface area contributed by atoms with Gasteiger partial charge in [-0.1, -0.05) is 18.2 Å². The zero-order valence-electron chi connectivity index (χ0n) is 10.0. The maximum Gasteiger partial charge on any atom is 0.0688 e. The predicted molar refractivity (Wildman–Crippen MR) is 75.9 cm³/mol. The smallest absolute Gasteiger partial charge is 0.0688 e. The molecule has 1 N–H and O–H groups in total. The summed E-state index contributed by atoms with van der Waals surface area (Å²) < 4.78 is 2.26. The predicted octanol–water partition coefficient (Wildman–Crippen LogP) is 3.44. The van der Waals surface area contributed by atoms with Crippen molar-refractivity contribution in [2.75, 3.05) is 0 Å². The van der Waals surface area contributed by atoms with Crippen LogP contribution in [-0.4, -0.2) is 9.67 Å². The Morgan fingerprint density at radius 3 is 2.83 bits per heavy atom. The molecule has 0 amide bonds. The summed E-state index contributed by atoms with van der Waals surface area (Å²) in [7, 11) is 0. The summed E-state index contributed by atoms with van der Waals surface area (Å²) >= 11 is 1.80. The molecule has 0 spiro atoms. The molecule has 2 aromatic heterocycles. The van der Waals surface area contributed by atoms with Crippen molar-refractivity contribution in [2.45, 2.75) is 19.6 Å². The summed E-state index contributed by atoms with van der Waals surface area (Å²) in [6.45, 7) is 1.09. The quantitative estimate of drug-likeness (QED) is 0.761. The third-order valence-electron chi connectivity index (χ3n) is 3.25. The first-order valence-corrected chi connectivity index (χ1v) is 6.96. The van der Waals surface area contributed by atoms with Crippen LogP contribution in [0.3, 0.4) is 0 Å². The molecule has 18 heavy (non-hydrogen) atoms. The van der Waals surface area contributed by atoms with Gasteiger partial charge in [-0.2, -0.15) is 0 Å². The largest absolute Gasteiger partial charge is 0.392 e. The Labute approximate surface area is 110 Å². The molecule has 0 bridgehead atoms. The maximum absolute atomic E-state index is 9.32. The summed E-state index contributed by atoms with van der Waals surface area (Å²) in [6, 6.07) is 12.5. The van der Waals surface area contributed by atoms with Gasteiger partial charge in [0.1, 0.15) is 0 Å². The second-order valence-corrected chi connectivity index (χ2v) is 5.38. The molecule has 0 aliphatic carbocycles. The normalized spacial score (nSPS) is 11.2. The van der Waals surface area contributed by atoms with Crippen LogP contribution in [0.25, 0.3) is 10.9 Å². The number of aromatic nitrogens is 1. The molecule has 0 aliphatic rings. The SMILES string of the molecule is OCc1cccc2c1ccn2CCc1cccs1. The van der Waals surface area contributed by atoms with Crippen molar-refractivity contribution in [3.05, 3.63) is 58.4 Å². The topological polar surface area (TPSA) is 25.2 Å². The summed E-state index contributed by atoms with van der Waals surface area (Å²) in [5, 5.41) is 12.6. The third kappa shape index (κ3) is 2.07. The van der Waals surface area contributed by atoms with Gasteiger partial charge in [0.15, 0.2) is 0 Å². The lowest BCUT2D eigenvalue weighted by Crippen LogP contribution is -1.98. The number of aryl methyl sites for hydroxylation is 2. The second kappa shape index (κ2) is 4.96. The molecule has 2 heterocycles. The highest BCUT2D eigenvalue weighted by molar-refractivity contribution is 7.09. The number of rotatable bonds is 4. The molecular weight excluding hydrogens is 242 g/mol. The van der Waals surface area contributed by atoms with Crippen molar-refractivity contribution in [3.8, 4) is 0 Å². The van der Waals surface area contributed by atoms with Crippen LogP contribution in [0.4, 0.5) is 0 Å². The minimum atomic E-state index is 0.103. The van der Waals surface area contributed by atoms with Gasteiger partial charge in [0.2, 0.25) is 0 Å². The zero-order chi connectivity index (χ0) is 12.4. The number of hydrogen-bond donors (Lipinski definition) is 1. The Morgan fingerprint density at radius 1 is 1.11 bits per heavy atom. The van der Waals surface area contributed by atoms with E-state index in [1.54, 1.807) is 11.3 Å². The van der Waals surface area contributed by atoms with Crippen LogP contribution in [-0.2, 0) is 19.6 Å². The molecule has 2 nitrogen and oxygen atoms in total. The molecule has 0 fully saturated rings. The van der Waals surface area contributed by atoms with E-state index in [-0.39, 0.29) is 6.61 Å². The van der Waals surface area contributed by atoms with Gasteiger partial charge in [-0.05, 0) is 35.6 Å². The van der Waals surface area contributed by atoms with Gasteiger partial charge in [0.05, 0.1) is 6.61 Å². The van der Waals surface area contributed by atoms with Crippen LogP contribution >= 0.6 is 11.3 Å². The van der Waals surface area contributed by atoms with Crippen LogP contribution < -0.4 is 0 Å². The van der Waals surface area contributed by atoms with Crippen LogP contribution in [0, 0.1) is 0 Å². The molecule has 0 radical (unpaired) electrons. The Morgan fingerprint density at radius 2 is 2.06 bits per heavy atom. The minimum Gasteiger partial charge on any atom is -0.392 e. The van der Waals surface area contributed by atoms with Crippen molar-refractivity contribution < 1.29 is 5.11 Å².